The van der Waals surface area contributed by atoms with Gasteiger partial charge in [-0.3, -0.25) is 4.79 Å². The highest BCUT2D eigenvalue weighted by atomic mass is 35.5. The lowest BCUT2D eigenvalue weighted by molar-refractivity contribution is 0.0526. The number of aryl methyl sites for hydroxylation is 1. The van der Waals surface area contributed by atoms with Crippen molar-refractivity contribution >= 4 is 40.8 Å². The summed E-state index contributed by atoms with van der Waals surface area (Å²) in [7, 11) is 0. The summed E-state index contributed by atoms with van der Waals surface area (Å²) in [6.07, 6.45) is 0. The molecule has 0 aromatic heterocycles. The molecule has 6 heteroatoms. The number of nitrogens with zero attached hydrogens (tertiary/aromatic N) is 1. The van der Waals surface area contributed by atoms with Gasteiger partial charge in [-0.2, -0.15) is 0 Å². The Morgan fingerprint density at radius 2 is 1.53 bits per heavy atom. The first-order chi connectivity index (χ1) is 14.4. The highest BCUT2D eigenvalue weighted by Crippen LogP contribution is 2.29. The largest absolute Gasteiger partial charge is 0.462 e. The van der Waals surface area contributed by atoms with Crippen LogP contribution in [0.25, 0.3) is 0 Å². The first-order valence-corrected chi connectivity index (χ1v) is 10.2. The van der Waals surface area contributed by atoms with Gasteiger partial charge in [-0.1, -0.05) is 47.0 Å². The first-order valence-electron chi connectivity index (χ1n) is 9.49. The van der Waals surface area contributed by atoms with Gasteiger partial charge >= 0.3 is 5.97 Å². The molecule has 154 valence electrons. The molecule has 0 aliphatic rings. The summed E-state index contributed by atoms with van der Waals surface area (Å²) in [4.78, 5) is 26.9. The highest BCUT2D eigenvalue weighted by molar-refractivity contribution is 6.36. The fourth-order valence-corrected chi connectivity index (χ4v) is 3.56. The number of ether oxygens (including phenoxy) is 1. The Labute approximate surface area is 186 Å². The van der Waals surface area contributed by atoms with Crippen LogP contribution < -0.4 is 4.90 Å². The van der Waals surface area contributed by atoms with E-state index < -0.39 is 5.97 Å². The Morgan fingerprint density at radius 3 is 2.13 bits per heavy atom. The summed E-state index contributed by atoms with van der Waals surface area (Å²) in [5, 5.41) is 0.959. The maximum atomic E-state index is 13.4. The van der Waals surface area contributed by atoms with E-state index in [0.717, 1.165) is 5.56 Å². The molecule has 0 heterocycles. The second-order valence-corrected chi connectivity index (χ2v) is 7.54. The van der Waals surface area contributed by atoms with Crippen molar-refractivity contribution in [3.8, 4) is 0 Å². The van der Waals surface area contributed by atoms with E-state index in [-0.39, 0.29) is 12.5 Å². The second-order valence-electron chi connectivity index (χ2n) is 6.73. The molecule has 0 saturated carbocycles. The third-order valence-electron chi connectivity index (χ3n) is 4.58. The Hall–Kier alpha value is -2.82. The van der Waals surface area contributed by atoms with Crippen LogP contribution in [-0.4, -0.2) is 18.5 Å². The zero-order valence-electron chi connectivity index (χ0n) is 16.7. The second kappa shape index (κ2) is 9.79. The van der Waals surface area contributed by atoms with Crippen LogP contribution in [0.1, 0.15) is 38.8 Å². The van der Waals surface area contributed by atoms with Crippen molar-refractivity contribution in [2.75, 3.05) is 11.5 Å². The summed E-state index contributed by atoms with van der Waals surface area (Å²) >= 11 is 12.7. The minimum absolute atomic E-state index is 0.185. The average Bonchev–Trinajstić information content (AvgIpc) is 2.73. The molecule has 0 aliphatic heterocycles. The molecule has 0 aliphatic carbocycles. The molecule has 0 N–H and O–H groups in total. The summed E-state index contributed by atoms with van der Waals surface area (Å²) in [6.45, 7) is 4.16. The number of rotatable bonds is 6. The smallest absolute Gasteiger partial charge is 0.338 e. The molecule has 4 nitrogen and oxygen atoms in total. The van der Waals surface area contributed by atoms with Crippen molar-refractivity contribution in [3.63, 3.8) is 0 Å². The molecule has 0 bridgehead atoms. The maximum Gasteiger partial charge on any atom is 0.338 e. The van der Waals surface area contributed by atoms with Gasteiger partial charge in [0.15, 0.2) is 0 Å². The summed E-state index contributed by atoms with van der Waals surface area (Å²) in [5.41, 5.74) is 3.21. The molecule has 0 radical (unpaired) electrons. The lowest BCUT2D eigenvalue weighted by Gasteiger charge is -2.24. The molecule has 3 rings (SSSR count). The zero-order valence-corrected chi connectivity index (χ0v) is 18.2. The van der Waals surface area contributed by atoms with Gasteiger partial charge in [-0.15, -0.1) is 0 Å². The van der Waals surface area contributed by atoms with Crippen LogP contribution in [0.4, 0.5) is 5.69 Å². The Kier molecular flexibility index (Phi) is 7.14. The van der Waals surface area contributed by atoms with Crippen molar-refractivity contribution in [1.82, 2.24) is 0 Å². The van der Waals surface area contributed by atoms with Crippen LogP contribution in [0.3, 0.4) is 0 Å². The van der Waals surface area contributed by atoms with Crippen LogP contribution in [0.15, 0.2) is 66.7 Å². The average molecular weight is 442 g/mol. The van der Waals surface area contributed by atoms with Gasteiger partial charge in [0.1, 0.15) is 0 Å². The number of carbonyl (C=O) groups excluding carboxylic acids is 2. The zero-order chi connectivity index (χ0) is 21.7. The van der Waals surface area contributed by atoms with Crippen LogP contribution in [0.2, 0.25) is 10.0 Å². The number of carbonyl (C=O) groups is 2. The van der Waals surface area contributed by atoms with Gasteiger partial charge in [-0.05, 0) is 62.4 Å². The van der Waals surface area contributed by atoms with Crippen molar-refractivity contribution in [2.24, 2.45) is 0 Å². The van der Waals surface area contributed by atoms with Gasteiger partial charge in [0.05, 0.1) is 18.7 Å². The van der Waals surface area contributed by atoms with E-state index in [9.17, 15) is 9.59 Å². The molecule has 30 heavy (non-hydrogen) atoms. The molecule has 1 amide bonds. The fourth-order valence-electron chi connectivity index (χ4n) is 3.05. The van der Waals surface area contributed by atoms with E-state index in [0.29, 0.717) is 39.0 Å². The summed E-state index contributed by atoms with van der Waals surface area (Å²) in [6, 6.07) is 19.3. The van der Waals surface area contributed by atoms with Crippen LogP contribution in [0.5, 0.6) is 0 Å². The quantitative estimate of drug-likeness (QED) is 0.420. The topological polar surface area (TPSA) is 46.6 Å². The number of amides is 1. The molecule has 3 aromatic carbocycles. The minimum atomic E-state index is -0.408. The maximum absolute atomic E-state index is 13.4. The Morgan fingerprint density at radius 1 is 0.900 bits per heavy atom. The predicted octanol–water partition coefficient (Wildman–Crippen LogP) is 6.33. The Bertz CT molecular complexity index is 1040. The van der Waals surface area contributed by atoms with Crippen molar-refractivity contribution < 1.29 is 14.3 Å². The summed E-state index contributed by atoms with van der Waals surface area (Å²) < 4.78 is 5.03. The third kappa shape index (κ3) is 5.02. The summed E-state index contributed by atoms with van der Waals surface area (Å²) in [5.74, 6) is -0.603. The van der Waals surface area contributed by atoms with Gasteiger partial charge in [0.25, 0.3) is 5.91 Å². The van der Waals surface area contributed by atoms with Gasteiger partial charge in [0.2, 0.25) is 0 Å². The molecule has 0 fully saturated rings. The van der Waals surface area contributed by atoms with E-state index in [2.05, 4.69) is 0 Å². The number of halogens is 2. The normalized spacial score (nSPS) is 10.5. The van der Waals surface area contributed by atoms with Crippen LogP contribution in [0, 0.1) is 6.92 Å². The van der Waals surface area contributed by atoms with E-state index >= 15 is 0 Å². The molecule has 3 aromatic rings. The van der Waals surface area contributed by atoms with Crippen LogP contribution in [-0.2, 0) is 11.3 Å². The number of anilines is 1. The molecular weight excluding hydrogens is 421 g/mol. The van der Waals surface area contributed by atoms with Gasteiger partial charge in [0, 0.05) is 26.9 Å². The van der Waals surface area contributed by atoms with Crippen molar-refractivity contribution in [1.29, 1.82) is 0 Å². The minimum Gasteiger partial charge on any atom is -0.462 e. The fraction of sp³-hybridized carbons (Fsp3) is 0.167. The van der Waals surface area contributed by atoms with Crippen LogP contribution >= 0.6 is 23.2 Å². The number of benzene rings is 3. The van der Waals surface area contributed by atoms with Gasteiger partial charge in [-0.25, -0.2) is 4.79 Å². The monoisotopic (exact) mass is 441 g/mol. The molecule has 0 saturated heterocycles. The SMILES string of the molecule is CCOC(=O)c1ccc(N(Cc2c(Cl)cccc2Cl)C(=O)c2cccc(C)c2)cc1. The number of hydrogen-bond acceptors (Lipinski definition) is 3. The predicted molar refractivity (Wildman–Crippen MR) is 121 cm³/mol. The van der Waals surface area contributed by atoms with Gasteiger partial charge < -0.3 is 9.64 Å². The first kappa shape index (κ1) is 21.9. The molecule has 0 unspecified atom stereocenters. The van der Waals surface area contributed by atoms with Crippen molar-refractivity contribution in [3.05, 3.63) is 99.0 Å². The number of hydrogen-bond donors (Lipinski definition) is 0. The standard InChI is InChI=1S/C24H21Cl2NO3/c1-3-30-24(29)17-10-12-19(13-11-17)27(15-20-21(25)8-5-9-22(20)26)23(28)18-7-4-6-16(2)14-18/h4-14H,3,15H2,1-2H3. The molecule has 0 spiro atoms. The lowest BCUT2D eigenvalue weighted by atomic mass is 10.1. The Balaban J connectivity index is 2.01. The molecular formula is C24H21Cl2NO3. The lowest BCUT2D eigenvalue weighted by Crippen LogP contribution is -2.30. The van der Waals surface area contributed by atoms with E-state index in [4.69, 9.17) is 27.9 Å². The highest BCUT2D eigenvalue weighted by Gasteiger charge is 2.21. The third-order valence-corrected chi connectivity index (χ3v) is 5.29. The van der Waals surface area contributed by atoms with Crippen molar-refractivity contribution in [2.45, 2.75) is 20.4 Å². The molecule has 0 atom stereocenters. The van der Waals surface area contributed by atoms with E-state index in [1.807, 2.05) is 25.1 Å². The number of esters is 1. The van der Waals surface area contributed by atoms with E-state index in [1.165, 1.54) is 0 Å². The van der Waals surface area contributed by atoms with E-state index in [1.54, 1.807) is 60.4 Å².